The topological polar surface area (TPSA) is 61.8 Å². The molecular weight excluding hydrogens is 226 g/mol. The molecule has 1 rings (SSSR count). The fourth-order valence-corrected chi connectivity index (χ4v) is 2.27. The molecule has 3 N–H and O–H groups in total. The predicted molar refractivity (Wildman–Crippen MR) is 74.8 cm³/mol. The molecular formula is C14H23N3O. The van der Waals surface area contributed by atoms with Gasteiger partial charge in [0.1, 0.15) is 0 Å². The summed E-state index contributed by atoms with van der Waals surface area (Å²) in [5.74, 6) is 0.170. The van der Waals surface area contributed by atoms with E-state index in [4.69, 9.17) is 10.9 Å². The highest BCUT2D eigenvalue weighted by Crippen LogP contribution is 2.15. The normalized spacial score (nSPS) is 12.4. The molecule has 1 aromatic carbocycles. The molecule has 0 heterocycles. The maximum atomic E-state index is 8.80. The van der Waals surface area contributed by atoms with Gasteiger partial charge in [0.2, 0.25) is 0 Å². The number of benzene rings is 1. The lowest BCUT2D eigenvalue weighted by Crippen LogP contribution is -2.31. The second kappa shape index (κ2) is 7.01. The molecule has 0 saturated carbocycles. The Hall–Kier alpha value is -1.55. The first-order valence-electron chi connectivity index (χ1n) is 6.40. The van der Waals surface area contributed by atoms with Crippen LogP contribution in [0.15, 0.2) is 29.4 Å². The molecule has 0 amide bonds. The quantitative estimate of drug-likeness (QED) is 0.352. The lowest BCUT2D eigenvalue weighted by molar-refractivity contribution is 0.221. The van der Waals surface area contributed by atoms with Crippen molar-refractivity contribution in [3.05, 3.63) is 35.4 Å². The van der Waals surface area contributed by atoms with Gasteiger partial charge in [0.25, 0.3) is 0 Å². The molecule has 100 valence electrons. The van der Waals surface area contributed by atoms with Crippen LogP contribution in [0.2, 0.25) is 0 Å². The van der Waals surface area contributed by atoms with E-state index >= 15 is 0 Å². The Morgan fingerprint density at radius 1 is 1.33 bits per heavy atom. The molecule has 4 nitrogen and oxygen atoms in total. The highest BCUT2D eigenvalue weighted by Gasteiger charge is 2.13. The summed E-state index contributed by atoms with van der Waals surface area (Å²) >= 11 is 0. The Morgan fingerprint density at radius 2 is 1.94 bits per heavy atom. The van der Waals surface area contributed by atoms with Crippen molar-refractivity contribution in [2.45, 2.75) is 39.3 Å². The molecule has 0 aliphatic heterocycles. The van der Waals surface area contributed by atoms with Crippen molar-refractivity contribution < 1.29 is 5.21 Å². The van der Waals surface area contributed by atoms with E-state index < -0.39 is 0 Å². The van der Waals surface area contributed by atoms with Gasteiger partial charge in [0.15, 0.2) is 5.84 Å². The smallest absolute Gasteiger partial charge is 0.170 e. The number of amidine groups is 1. The molecule has 4 heteroatoms. The van der Waals surface area contributed by atoms with Crippen LogP contribution in [0.3, 0.4) is 0 Å². The van der Waals surface area contributed by atoms with Gasteiger partial charge in [-0.3, -0.25) is 4.90 Å². The van der Waals surface area contributed by atoms with E-state index in [9.17, 15) is 0 Å². The average Bonchev–Trinajstić information content (AvgIpc) is 2.40. The largest absolute Gasteiger partial charge is 0.409 e. The summed E-state index contributed by atoms with van der Waals surface area (Å²) in [5.41, 5.74) is 7.58. The minimum atomic E-state index is 0.170. The van der Waals surface area contributed by atoms with E-state index in [1.165, 1.54) is 0 Å². The average molecular weight is 249 g/mol. The highest BCUT2D eigenvalue weighted by atomic mass is 16.4. The molecule has 0 aliphatic rings. The molecule has 0 aliphatic carbocycles. The second-order valence-electron chi connectivity index (χ2n) is 4.53. The molecule has 0 radical (unpaired) electrons. The fraction of sp³-hybridized carbons (Fsp3) is 0.500. The third-order valence-electron chi connectivity index (χ3n) is 3.39. The molecule has 0 spiro atoms. The molecule has 18 heavy (non-hydrogen) atoms. The van der Waals surface area contributed by atoms with E-state index in [-0.39, 0.29) is 5.84 Å². The van der Waals surface area contributed by atoms with Crippen LogP contribution >= 0.6 is 0 Å². The van der Waals surface area contributed by atoms with Crippen molar-refractivity contribution in [2.24, 2.45) is 10.9 Å². The van der Waals surface area contributed by atoms with Crippen LogP contribution in [0, 0.1) is 0 Å². The number of oxime groups is 1. The third-order valence-corrected chi connectivity index (χ3v) is 3.39. The molecule has 0 bridgehead atoms. The Balaban J connectivity index is 2.90. The molecule has 0 saturated heterocycles. The zero-order valence-electron chi connectivity index (χ0n) is 11.4. The summed E-state index contributed by atoms with van der Waals surface area (Å²) in [7, 11) is 2.11. The fourth-order valence-electron chi connectivity index (χ4n) is 2.27. The van der Waals surface area contributed by atoms with Gasteiger partial charge in [-0.05, 0) is 25.5 Å². The first-order chi connectivity index (χ1) is 8.63. The third kappa shape index (κ3) is 3.47. The minimum Gasteiger partial charge on any atom is -0.409 e. The lowest BCUT2D eigenvalue weighted by atomic mass is 10.0. The molecule has 1 aromatic rings. The van der Waals surface area contributed by atoms with Gasteiger partial charge in [-0.25, -0.2) is 0 Å². The zero-order valence-corrected chi connectivity index (χ0v) is 11.4. The van der Waals surface area contributed by atoms with Crippen molar-refractivity contribution in [3.63, 3.8) is 0 Å². The number of hydrogen-bond acceptors (Lipinski definition) is 3. The van der Waals surface area contributed by atoms with Crippen LogP contribution in [-0.2, 0) is 6.54 Å². The zero-order chi connectivity index (χ0) is 13.5. The highest BCUT2D eigenvalue weighted by molar-refractivity contribution is 5.98. The van der Waals surface area contributed by atoms with Crippen LogP contribution in [0.1, 0.15) is 37.8 Å². The summed E-state index contributed by atoms with van der Waals surface area (Å²) in [5, 5.41) is 11.9. The van der Waals surface area contributed by atoms with Crippen LogP contribution in [0.4, 0.5) is 0 Å². The number of rotatable bonds is 6. The second-order valence-corrected chi connectivity index (χ2v) is 4.53. The van der Waals surface area contributed by atoms with E-state index in [2.05, 4.69) is 31.0 Å². The van der Waals surface area contributed by atoms with Crippen LogP contribution < -0.4 is 5.73 Å². The first-order valence-corrected chi connectivity index (χ1v) is 6.40. The Labute approximate surface area is 109 Å². The van der Waals surface area contributed by atoms with Crippen LogP contribution in [0.25, 0.3) is 0 Å². The number of nitrogens with zero attached hydrogens (tertiary/aromatic N) is 2. The SMILES string of the molecule is CCC(CC)N(C)Cc1ccccc1/C(N)=N/O. The maximum absolute atomic E-state index is 8.80. The maximum Gasteiger partial charge on any atom is 0.170 e. The van der Waals surface area contributed by atoms with Crippen molar-refractivity contribution >= 4 is 5.84 Å². The van der Waals surface area contributed by atoms with E-state index in [1.54, 1.807) is 0 Å². The van der Waals surface area contributed by atoms with Crippen LogP contribution in [0.5, 0.6) is 0 Å². The van der Waals surface area contributed by atoms with Crippen molar-refractivity contribution in [2.75, 3.05) is 7.05 Å². The predicted octanol–water partition coefficient (Wildman–Crippen LogP) is 2.40. The van der Waals surface area contributed by atoms with E-state index in [0.717, 1.165) is 30.5 Å². The summed E-state index contributed by atoms with van der Waals surface area (Å²) in [6, 6.07) is 8.33. The standard InChI is InChI=1S/C14H23N3O/c1-4-12(5-2)17(3)10-11-8-6-7-9-13(11)14(15)16-18/h6-9,12,18H,4-5,10H2,1-3H3,(H2,15,16). The van der Waals surface area contributed by atoms with Crippen molar-refractivity contribution in [3.8, 4) is 0 Å². The Kier molecular flexibility index (Phi) is 5.65. The summed E-state index contributed by atoms with van der Waals surface area (Å²) in [6.07, 6.45) is 2.25. The van der Waals surface area contributed by atoms with Crippen molar-refractivity contribution in [1.82, 2.24) is 4.90 Å². The summed E-state index contributed by atoms with van der Waals surface area (Å²) < 4.78 is 0. The van der Waals surface area contributed by atoms with Crippen LogP contribution in [-0.4, -0.2) is 29.0 Å². The van der Waals surface area contributed by atoms with E-state index in [1.807, 2.05) is 24.3 Å². The molecule has 0 aromatic heterocycles. The number of nitrogens with two attached hydrogens (primary N) is 1. The summed E-state index contributed by atoms with van der Waals surface area (Å²) in [6.45, 7) is 5.19. The van der Waals surface area contributed by atoms with Crippen molar-refractivity contribution in [1.29, 1.82) is 0 Å². The van der Waals surface area contributed by atoms with Gasteiger partial charge >= 0.3 is 0 Å². The monoisotopic (exact) mass is 249 g/mol. The molecule has 0 unspecified atom stereocenters. The molecule has 0 fully saturated rings. The first kappa shape index (κ1) is 14.5. The lowest BCUT2D eigenvalue weighted by Gasteiger charge is -2.26. The Bertz CT molecular complexity index is 400. The van der Waals surface area contributed by atoms with Gasteiger partial charge < -0.3 is 10.9 Å². The van der Waals surface area contributed by atoms with E-state index in [0.29, 0.717) is 6.04 Å². The number of hydrogen-bond donors (Lipinski definition) is 2. The van der Waals surface area contributed by atoms with Gasteiger partial charge in [-0.1, -0.05) is 43.3 Å². The molecule has 0 atom stereocenters. The summed E-state index contributed by atoms with van der Waals surface area (Å²) in [4.78, 5) is 2.31. The van der Waals surface area contributed by atoms with Gasteiger partial charge in [-0.15, -0.1) is 0 Å². The minimum absolute atomic E-state index is 0.170. The van der Waals surface area contributed by atoms with Gasteiger partial charge in [0.05, 0.1) is 0 Å². The van der Waals surface area contributed by atoms with Gasteiger partial charge in [0, 0.05) is 18.2 Å². The van der Waals surface area contributed by atoms with Gasteiger partial charge in [-0.2, -0.15) is 0 Å². The Morgan fingerprint density at radius 3 is 2.50 bits per heavy atom.